The quantitative estimate of drug-likeness (QED) is 0.461. The number of carbonyl (C=O) groups is 2. The number of rotatable bonds is 6. The minimum absolute atomic E-state index is 0.0482. The molecular weight excluding hydrogens is 426 g/mol. The molecule has 0 radical (unpaired) electrons. The monoisotopic (exact) mass is 443 g/mol. The molecule has 0 saturated heterocycles. The molecule has 0 aliphatic carbocycles. The van der Waals surface area contributed by atoms with Crippen molar-refractivity contribution in [3.05, 3.63) is 94.5 Å². The van der Waals surface area contributed by atoms with Gasteiger partial charge in [-0.25, -0.2) is 13.2 Å². The van der Waals surface area contributed by atoms with Crippen molar-refractivity contribution in [3.63, 3.8) is 0 Å². The van der Waals surface area contributed by atoms with Crippen LogP contribution in [0.25, 0.3) is 0 Å². The zero-order chi connectivity index (χ0) is 21.7. The smallest absolute Gasteiger partial charge is 0.345 e. The lowest BCUT2D eigenvalue weighted by Crippen LogP contribution is -2.22. The molecule has 0 aliphatic rings. The number of hydrogen-bond donors (Lipinski definition) is 1. The summed E-state index contributed by atoms with van der Waals surface area (Å²) in [5, 5.41) is 2.85. The average molecular weight is 444 g/mol. The number of nitrogens with one attached hydrogen (secondary N) is 1. The summed E-state index contributed by atoms with van der Waals surface area (Å²) in [6.45, 7) is 0.359. The first kappa shape index (κ1) is 21.5. The van der Waals surface area contributed by atoms with Crippen molar-refractivity contribution >= 4 is 33.3 Å². The summed E-state index contributed by atoms with van der Waals surface area (Å²) in [5.74, 6) is -1.02. The van der Waals surface area contributed by atoms with Gasteiger partial charge in [-0.05, 0) is 42.0 Å². The lowest BCUT2D eigenvalue weighted by Gasteiger charge is -2.09. The van der Waals surface area contributed by atoms with Gasteiger partial charge in [0.1, 0.15) is 5.75 Å². The van der Waals surface area contributed by atoms with E-state index in [0.29, 0.717) is 12.1 Å². The van der Waals surface area contributed by atoms with Crippen molar-refractivity contribution in [2.24, 2.45) is 0 Å². The molecule has 0 bridgehead atoms. The molecule has 8 heteroatoms. The molecule has 30 heavy (non-hydrogen) atoms. The van der Waals surface area contributed by atoms with Gasteiger partial charge in [0.2, 0.25) is 0 Å². The second kappa shape index (κ2) is 9.11. The van der Waals surface area contributed by atoms with E-state index in [9.17, 15) is 18.0 Å². The van der Waals surface area contributed by atoms with E-state index >= 15 is 0 Å². The summed E-state index contributed by atoms with van der Waals surface area (Å²) in [7, 11) is -3.52. The summed E-state index contributed by atoms with van der Waals surface area (Å²) >= 11 is 6.03. The van der Waals surface area contributed by atoms with Crippen LogP contribution in [0.5, 0.6) is 5.75 Å². The first-order valence-corrected chi connectivity index (χ1v) is 11.1. The average Bonchev–Trinajstić information content (AvgIpc) is 2.72. The number of sulfone groups is 1. The Balaban J connectivity index is 1.73. The number of carbonyl (C=O) groups excluding carboxylic acids is 2. The zero-order valence-electron chi connectivity index (χ0n) is 16.0. The predicted octanol–water partition coefficient (Wildman–Crippen LogP) is 3.89. The van der Waals surface area contributed by atoms with Crippen LogP contribution in [0.2, 0.25) is 5.02 Å². The number of amides is 1. The third kappa shape index (κ3) is 5.46. The molecular formula is C22H18ClNO5S. The van der Waals surface area contributed by atoms with Gasteiger partial charge >= 0.3 is 5.97 Å². The van der Waals surface area contributed by atoms with E-state index in [0.717, 1.165) is 17.9 Å². The van der Waals surface area contributed by atoms with Crippen molar-refractivity contribution in [2.45, 2.75) is 11.4 Å². The SMILES string of the molecule is CS(=O)(=O)c1ccc(Cl)c(C(=O)Oc2cccc(C(=O)NCc3ccccc3)c2)c1. The summed E-state index contributed by atoms with van der Waals surface area (Å²) in [6.07, 6.45) is 1.03. The molecule has 3 aromatic carbocycles. The van der Waals surface area contributed by atoms with Gasteiger partial charge in [0.25, 0.3) is 5.91 Å². The zero-order valence-corrected chi connectivity index (χ0v) is 17.5. The molecule has 0 unspecified atom stereocenters. The van der Waals surface area contributed by atoms with Crippen molar-refractivity contribution in [1.29, 1.82) is 0 Å². The van der Waals surface area contributed by atoms with E-state index in [1.165, 1.54) is 24.3 Å². The highest BCUT2D eigenvalue weighted by molar-refractivity contribution is 7.90. The van der Waals surface area contributed by atoms with Crippen LogP contribution in [-0.2, 0) is 16.4 Å². The van der Waals surface area contributed by atoms with Crippen LogP contribution in [0.3, 0.4) is 0 Å². The maximum absolute atomic E-state index is 12.5. The Morgan fingerprint density at radius 3 is 2.40 bits per heavy atom. The first-order valence-electron chi connectivity index (χ1n) is 8.88. The van der Waals surface area contributed by atoms with Crippen LogP contribution < -0.4 is 10.1 Å². The highest BCUT2D eigenvalue weighted by Crippen LogP contribution is 2.23. The first-order chi connectivity index (χ1) is 14.2. The summed E-state index contributed by atoms with van der Waals surface area (Å²) in [4.78, 5) is 24.9. The van der Waals surface area contributed by atoms with E-state index in [2.05, 4.69) is 5.32 Å². The highest BCUT2D eigenvalue weighted by atomic mass is 35.5. The molecule has 3 aromatic rings. The van der Waals surface area contributed by atoms with Gasteiger partial charge in [-0.15, -0.1) is 0 Å². The van der Waals surface area contributed by atoms with Gasteiger partial charge in [-0.1, -0.05) is 48.0 Å². The molecule has 1 N–H and O–H groups in total. The molecule has 0 aliphatic heterocycles. The molecule has 0 aromatic heterocycles. The standard InChI is InChI=1S/C22H18ClNO5S/c1-30(27,28)18-10-11-20(23)19(13-18)22(26)29-17-9-5-8-16(12-17)21(25)24-14-15-6-3-2-4-7-15/h2-13H,14H2,1H3,(H,24,25). The fraction of sp³-hybridized carbons (Fsp3) is 0.0909. The predicted molar refractivity (Wildman–Crippen MR) is 114 cm³/mol. The van der Waals surface area contributed by atoms with Gasteiger partial charge < -0.3 is 10.1 Å². The van der Waals surface area contributed by atoms with Crippen molar-refractivity contribution < 1.29 is 22.7 Å². The highest BCUT2D eigenvalue weighted by Gasteiger charge is 2.18. The Hall–Kier alpha value is -3.16. The second-order valence-corrected chi connectivity index (χ2v) is 8.92. The molecule has 0 saturated carbocycles. The lowest BCUT2D eigenvalue weighted by atomic mass is 10.2. The normalized spacial score (nSPS) is 11.0. The third-order valence-electron chi connectivity index (χ3n) is 4.19. The van der Waals surface area contributed by atoms with Crippen LogP contribution >= 0.6 is 11.6 Å². The summed E-state index contributed by atoms with van der Waals surface area (Å²) in [6, 6.07) is 19.3. The third-order valence-corrected chi connectivity index (χ3v) is 5.63. The molecule has 0 atom stereocenters. The Morgan fingerprint density at radius 1 is 0.967 bits per heavy atom. The van der Waals surface area contributed by atoms with Crippen LogP contribution in [0.4, 0.5) is 0 Å². The fourth-order valence-corrected chi connectivity index (χ4v) is 3.48. The molecule has 0 heterocycles. The maximum Gasteiger partial charge on any atom is 0.345 e. The fourth-order valence-electron chi connectivity index (χ4n) is 2.63. The van der Waals surface area contributed by atoms with E-state index in [1.54, 1.807) is 12.1 Å². The molecule has 6 nitrogen and oxygen atoms in total. The summed E-state index contributed by atoms with van der Waals surface area (Å²) in [5.41, 5.74) is 1.18. The van der Waals surface area contributed by atoms with E-state index in [-0.39, 0.29) is 27.1 Å². The van der Waals surface area contributed by atoms with Gasteiger partial charge in [0.05, 0.1) is 15.5 Å². The van der Waals surface area contributed by atoms with Gasteiger partial charge in [0, 0.05) is 18.4 Å². The van der Waals surface area contributed by atoms with Gasteiger partial charge in [-0.2, -0.15) is 0 Å². The van der Waals surface area contributed by atoms with Crippen molar-refractivity contribution in [3.8, 4) is 5.75 Å². The number of ether oxygens (including phenoxy) is 1. The molecule has 154 valence electrons. The molecule has 1 amide bonds. The van der Waals surface area contributed by atoms with Crippen LogP contribution in [0.15, 0.2) is 77.7 Å². The second-order valence-electron chi connectivity index (χ2n) is 6.50. The van der Waals surface area contributed by atoms with Gasteiger partial charge in [0.15, 0.2) is 9.84 Å². The number of halogens is 1. The van der Waals surface area contributed by atoms with Crippen LogP contribution in [0, 0.1) is 0 Å². The van der Waals surface area contributed by atoms with E-state index < -0.39 is 15.8 Å². The number of benzene rings is 3. The largest absolute Gasteiger partial charge is 0.423 e. The molecule has 3 rings (SSSR count). The lowest BCUT2D eigenvalue weighted by molar-refractivity contribution is 0.0733. The minimum Gasteiger partial charge on any atom is -0.423 e. The Bertz CT molecular complexity index is 1190. The van der Waals surface area contributed by atoms with E-state index in [1.807, 2.05) is 30.3 Å². The van der Waals surface area contributed by atoms with E-state index in [4.69, 9.17) is 16.3 Å². The maximum atomic E-state index is 12.5. The van der Waals surface area contributed by atoms with Gasteiger partial charge in [-0.3, -0.25) is 4.79 Å². The number of esters is 1. The van der Waals surface area contributed by atoms with Crippen molar-refractivity contribution in [1.82, 2.24) is 5.32 Å². The van der Waals surface area contributed by atoms with Crippen LogP contribution in [-0.4, -0.2) is 26.6 Å². The minimum atomic E-state index is -3.52. The number of hydrogen-bond acceptors (Lipinski definition) is 5. The Morgan fingerprint density at radius 2 is 1.70 bits per heavy atom. The summed E-state index contributed by atoms with van der Waals surface area (Å²) < 4.78 is 28.7. The molecule has 0 spiro atoms. The van der Waals surface area contributed by atoms with Crippen LogP contribution in [0.1, 0.15) is 26.3 Å². The topological polar surface area (TPSA) is 89.5 Å². The van der Waals surface area contributed by atoms with Crippen molar-refractivity contribution in [2.75, 3.05) is 6.26 Å². The Labute approximate surface area is 179 Å². The molecule has 0 fully saturated rings. The Kier molecular flexibility index (Phi) is 6.54.